The fourth-order valence-corrected chi connectivity index (χ4v) is 5.27. The number of nitrogens with zero attached hydrogens (tertiary/aromatic N) is 1. The van der Waals surface area contributed by atoms with Gasteiger partial charge in [-0.2, -0.15) is 0 Å². The highest BCUT2D eigenvalue weighted by Gasteiger charge is 2.22. The minimum Gasteiger partial charge on any atom is -0.136 e. The van der Waals surface area contributed by atoms with Gasteiger partial charge >= 0.3 is 22.9 Å². The average molecular weight is 400 g/mol. The Bertz CT molecular complexity index is 1160. The molecular formula is C18H11INS+. The van der Waals surface area contributed by atoms with Gasteiger partial charge in [-0.1, -0.05) is 30.3 Å². The molecule has 0 fully saturated rings. The third kappa shape index (κ3) is 1.43. The normalized spacial score (nSPS) is 12.3. The molecule has 0 aliphatic rings. The molecule has 5 aromatic rings. The highest BCUT2D eigenvalue weighted by atomic mass is 127. The summed E-state index contributed by atoms with van der Waals surface area (Å²) in [5.41, 5.74) is 2.70. The summed E-state index contributed by atoms with van der Waals surface area (Å²) in [6.45, 7) is 2.21. The van der Waals surface area contributed by atoms with Crippen LogP contribution < -0.4 is 2.78 Å². The number of thiophene rings is 1. The molecule has 100 valence electrons. The van der Waals surface area contributed by atoms with Crippen LogP contribution >= 0.6 is 34.2 Å². The molecule has 0 saturated carbocycles. The molecule has 5 rings (SSSR count). The van der Waals surface area contributed by atoms with Gasteiger partial charge in [0.1, 0.15) is 0 Å². The van der Waals surface area contributed by atoms with Crippen LogP contribution in [0, 0.1) is 6.92 Å². The van der Waals surface area contributed by atoms with Crippen molar-refractivity contribution in [2.75, 3.05) is 0 Å². The molecular weight excluding hydrogens is 389 g/mol. The van der Waals surface area contributed by atoms with E-state index >= 15 is 0 Å². The van der Waals surface area contributed by atoms with Gasteiger partial charge in [0.2, 0.25) is 5.52 Å². The molecule has 3 aromatic carbocycles. The number of pyridine rings is 1. The van der Waals surface area contributed by atoms with E-state index in [1.807, 2.05) is 11.3 Å². The molecule has 0 spiro atoms. The predicted octanol–water partition coefficient (Wildman–Crippen LogP) is 5.59. The SMILES string of the molecule is Cc1cccc2c3cccc4sc5cc[n+](I)c(c12)c5c43. The Hall–Kier alpha value is -1.46. The van der Waals surface area contributed by atoms with Crippen molar-refractivity contribution in [1.29, 1.82) is 0 Å². The van der Waals surface area contributed by atoms with Gasteiger partial charge in [-0.3, -0.25) is 0 Å². The number of fused-ring (bicyclic) bond motifs is 3. The molecule has 1 nitrogen and oxygen atoms in total. The molecule has 2 aromatic heterocycles. The smallest absolute Gasteiger partial charge is 0.136 e. The highest BCUT2D eigenvalue weighted by molar-refractivity contribution is 14.1. The lowest BCUT2D eigenvalue weighted by Crippen LogP contribution is -2.19. The molecule has 3 heteroatoms. The van der Waals surface area contributed by atoms with E-state index < -0.39 is 0 Å². The summed E-state index contributed by atoms with van der Waals surface area (Å²) in [5.74, 6) is 0. The van der Waals surface area contributed by atoms with E-state index in [0.717, 1.165) is 0 Å². The summed E-state index contributed by atoms with van der Waals surface area (Å²) in [7, 11) is 0. The Labute approximate surface area is 139 Å². The minimum absolute atomic E-state index is 1.35. The standard InChI is InChI=1S/C18H11INS/c1-10-4-2-5-11-12-6-3-7-13-16(12)17-14(21-13)8-9-20(19)18(17)15(10)11/h2-9H,1H3/q+1. The van der Waals surface area contributed by atoms with Gasteiger partial charge in [0, 0.05) is 20.9 Å². The summed E-state index contributed by atoms with van der Waals surface area (Å²) >= 11 is 4.30. The molecule has 0 saturated heterocycles. The molecule has 0 unspecified atom stereocenters. The zero-order valence-electron chi connectivity index (χ0n) is 11.4. The van der Waals surface area contributed by atoms with E-state index in [1.165, 1.54) is 47.4 Å². The third-order valence-electron chi connectivity index (χ3n) is 4.35. The van der Waals surface area contributed by atoms with E-state index in [9.17, 15) is 0 Å². The van der Waals surface area contributed by atoms with Gasteiger partial charge in [-0.15, -0.1) is 14.1 Å². The van der Waals surface area contributed by atoms with Crippen LogP contribution in [0.4, 0.5) is 0 Å². The summed E-state index contributed by atoms with van der Waals surface area (Å²) in [6, 6.07) is 15.6. The van der Waals surface area contributed by atoms with E-state index in [0.29, 0.717) is 0 Å². The quantitative estimate of drug-likeness (QED) is 0.236. The maximum atomic E-state index is 2.40. The van der Waals surface area contributed by atoms with Crippen molar-refractivity contribution in [2.24, 2.45) is 0 Å². The topological polar surface area (TPSA) is 3.88 Å². The first-order valence-electron chi connectivity index (χ1n) is 6.92. The molecule has 0 bridgehead atoms. The van der Waals surface area contributed by atoms with Crippen molar-refractivity contribution in [3.8, 4) is 0 Å². The largest absolute Gasteiger partial charge is 0.354 e. The first kappa shape index (κ1) is 12.1. The Morgan fingerprint density at radius 2 is 1.57 bits per heavy atom. The van der Waals surface area contributed by atoms with E-state index in [2.05, 4.69) is 81.2 Å². The average Bonchev–Trinajstić information content (AvgIpc) is 2.87. The van der Waals surface area contributed by atoms with Crippen molar-refractivity contribution in [3.63, 3.8) is 0 Å². The van der Waals surface area contributed by atoms with Gasteiger partial charge in [0.15, 0.2) is 6.20 Å². The van der Waals surface area contributed by atoms with Gasteiger partial charge in [0.25, 0.3) is 0 Å². The molecule has 0 amide bonds. The number of hydrogen-bond donors (Lipinski definition) is 0. The predicted molar refractivity (Wildman–Crippen MR) is 99.9 cm³/mol. The second-order valence-electron chi connectivity index (χ2n) is 5.49. The van der Waals surface area contributed by atoms with Crippen LogP contribution in [0.15, 0.2) is 48.7 Å². The van der Waals surface area contributed by atoms with Crippen LogP contribution in [0.5, 0.6) is 0 Å². The van der Waals surface area contributed by atoms with Gasteiger partial charge in [0.05, 0.1) is 10.8 Å². The lowest BCUT2D eigenvalue weighted by molar-refractivity contribution is -0.406. The molecule has 0 radical (unpaired) electrons. The number of halogens is 1. The molecule has 0 aliphatic heterocycles. The fourth-order valence-electron chi connectivity index (χ4n) is 3.50. The maximum Gasteiger partial charge on any atom is 0.354 e. The van der Waals surface area contributed by atoms with E-state index in [1.54, 1.807) is 0 Å². The van der Waals surface area contributed by atoms with Crippen LogP contribution in [-0.4, -0.2) is 0 Å². The molecule has 0 N–H and O–H groups in total. The fraction of sp³-hybridized carbons (Fsp3) is 0.0556. The Morgan fingerprint density at radius 1 is 0.857 bits per heavy atom. The van der Waals surface area contributed by atoms with Gasteiger partial charge in [-0.05, 0) is 29.3 Å². The van der Waals surface area contributed by atoms with Crippen molar-refractivity contribution in [3.05, 3.63) is 54.2 Å². The van der Waals surface area contributed by atoms with Crippen LogP contribution in [0.1, 0.15) is 5.56 Å². The number of rotatable bonds is 0. The minimum atomic E-state index is 1.35. The molecule has 2 heterocycles. The van der Waals surface area contributed by atoms with Crippen LogP contribution in [0.3, 0.4) is 0 Å². The number of aryl methyl sites for hydroxylation is 1. The second-order valence-corrected chi connectivity index (χ2v) is 7.62. The molecule has 0 atom stereocenters. The summed E-state index contributed by atoms with van der Waals surface area (Å²) < 4.78 is 5.02. The van der Waals surface area contributed by atoms with Crippen LogP contribution in [0.2, 0.25) is 0 Å². The van der Waals surface area contributed by atoms with Crippen molar-refractivity contribution in [2.45, 2.75) is 6.92 Å². The summed E-state index contributed by atoms with van der Waals surface area (Å²) in [4.78, 5) is 0. The highest BCUT2D eigenvalue weighted by Crippen LogP contribution is 2.44. The third-order valence-corrected chi connectivity index (χ3v) is 6.27. The van der Waals surface area contributed by atoms with Gasteiger partial charge in [-0.25, -0.2) is 0 Å². The maximum absolute atomic E-state index is 2.40. The molecule has 21 heavy (non-hydrogen) atoms. The van der Waals surface area contributed by atoms with Crippen LogP contribution in [-0.2, 0) is 0 Å². The van der Waals surface area contributed by atoms with Crippen LogP contribution in [0.25, 0.3) is 41.8 Å². The number of hydrogen-bond acceptors (Lipinski definition) is 1. The number of benzene rings is 3. The van der Waals surface area contributed by atoms with Crippen molar-refractivity contribution < 1.29 is 2.78 Å². The summed E-state index contributed by atoms with van der Waals surface area (Å²) in [5, 5.41) is 6.98. The zero-order chi connectivity index (χ0) is 14.1. The monoisotopic (exact) mass is 400 g/mol. The van der Waals surface area contributed by atoms with Crippen molar-refractivity contribution >= 4 is 76.0 Å². The first-order chi connectivity index (χ1) is 10.3. The zero-order valence-corrected chi connectivity index (χ0v) is 14.3. The lowest BCUT2D eigenvalue weighted by atomic mass is 9.95. The Balaban J connectivity index is 2.35. The lowest BCUT2D eigenvalue weighted by Gasteiger charge is -2.08. The van der Waals surface area contributed by atoms with Gasteiger partial charge < -0.3 is 0 Å². The number of aromatic nitrogens is 1. The molecule has 0 aliphatic carbocycles. The van der Waals surface area contributed by atoms with E-state index in [-0.39, 0.29) is 0 Å². The first-order valence-corrected chi connectivity index (χ1v) is 8.70. The Kier molecular flexibility index (Phi) is 2.34. The summed E-state index contributed by atoms with van der Waals surface area (Å²) in [6.07, 6.45) is 2.18. The van der Waals surface area contributed by atoms with Crippen molar-refractivity contribution in [1.82, 2.24) is 0 Å². The second kappa shape index (κ2) is 4.05. The Morgan fingerprint density at radius 3 is 2.43 bits per heavy atom. The van der Waals surface area contributed by atoms with E-state index in [4.69, 9.17) is 0 Å².